The molecular formula is C22H25NO4. The van der Waals surface area contributed by atoms with Crippen LogP contribution in [0.15, 0.2) is 60.7 Å². The van der Waals surface area contributed by atoms with Crippen LogP contribution in [0.5, 0.6) is 0 Å². The molecule has 1 aliphatic heterocycles. The van der Waals surface area contributed by atoms with E-state index in [1.54, 1.807) is 4.90 Å². The van der Waals surface area contributed by atoms with Gasteiger partial charge in [0.2, 0.25) is 0 Å². The van der Waals surface area contributed by atoms with E-state index < -0.39 is 0 Å². The number of aryl methyl sites for hydroxylation is 1. The lowest BCUT2D eigenvalue weighted by molar-refractivity contribution is -0.148. The molecule has 2 aromatic rings. The maximum absolute atomic E-state index is 12.2. The maximum atomic E-state index is 12.2. The van der Waals surface area contributed by atoms with Crippen LogP contribution in [0.4, 0.5) is 4.79 Å². The van der Waals surface area contributed by atoms with Gasteiger partial charge in [0.1, 0.15) is 6.61 Å². The predicted octanol–water partition coefficient (Wildman–Crippen LogP) is 3.82. The van der Waals surface area contributed by atoms with E-state index in [9.17, 15) is 9.59 Å². The molecule has 1 saturated heterocycles. The van der Waals surface area contributed by atoms with Crippen molar-refractivity contribution in [3.05, 3.63) is 71.8 Å². The van der Waals surface area contributed by atoms with Crippen molar-refractivity contribution in [3.8, 4) is 0 Å². The highest BCUT2D eigenvalue weighted by Crippen LogP contribution is 2.19. The molecule has 1 amide bonds. The van der Waals surface area contributed by atoms with Crippen LogP contribution in [-0.2, 0) is 27.3 Å². The lowest BCUT2D eigenvalue weighted by Gasteiger charge is -2.16. The molecule has 0 N–H and O–H groups in total. The molecule has 0 aromatic heterocycles. The zero-order valence-electron chi connectivity index (χ0n) is 15.4. The summed E-state index contributed by atoms with van der Waals surface area (Å²) < 4.78 is 10.7. The summed E-state index contributed by atoms with van der Waals surface area (Å²) in [4.78, 5) is 25.9. The number of benzene rings is 2. The molecule has 1 fully saturated rings. The minimum absolute atomic E-state index is 0.221. The molecular weight excluding hydrogens is 342 g/mol. The molecule has 1 atom stereocenters. The number of ether oxygens (including phenoxy) is 2. The standard InChI is InChI=1S/C22H25NO4/c24-21(26-15-7-12-18-8-3-1-4-9-18)20-13-14-23(16-20)22(25)27-17-19-10-5-2-6-11-19/h1-6,8-11,20H,7,12-17H2/t20-/m1/s1. The van der Waals surface area contributed by atoms with Gasteiger partial charge >= 0.3 is 12.1 Å². The molecule has 0 aliphatic carbocycles. The van der Waals surface area contributed by atoms with E-state index in [0.717, 1.165) is 18.4 Å². The summed E-state index contributed by atoms with van der Waals surface area (Å²) >= 11 is 0. The normalized spacial score (nSPS) is 16.1. The highest BCUT2D eigenvalue weighted by atomic mass is 16.6. The van der Waals surface area contributed by atoms with Gasteiger partial charge in [-0.25, -0.2) is 4.79 Å². The van der Waals surface area contributed by atoms with Crippen LogP contribution in [-0.4, -0.2) is 36.7 Å². The van der Waals surface area contributed by atoms with E-state index in [2.05, 4.69) is 12.1 Å². The largest absolute Gasteiger partial charge is 0.465 e. The Morgan fingerprint density at radius 3 is 2.30 bits per heavy atom. The summed E-state index contributed by atoms with van der Waals surface area (Å²) in [5.41, 5.74) is 2.18. The second-order valence-corrected chi connectivity index (χ2v) is 6.73. The Hall–Kier alpha value is -2.82. The fourth-order valence-corrected chi connectivity index (χ4v) is 3.14. The molecule has 1 heterocycles. The fraction of sp³-hybridized carbons (Fsp3) is 0.364. The van der Waals surface area contributed by atoms with E-state index in [0.29, 0.717) is 26.1 Å². The number of likely N-dealkylation sites (tertiary alicyclic amines) is 1. The lowest BCUT2D eigenvalue weighted by atomic mass is 10.1. The van der Waals surface area contributed by atoms with E-state index >= 15 is 0 Å². The number of hydrogen-bond donors (Lipinski definition) is 0. The van der Waals surface area contributed by atoms with Crippen molar-refractivity contribution in [2.75, 3.05) is 19.7 Å². The zero-order chi connectivity index (χ0) is 18.9. The maximum Gasteiger partial charge on any atom is 0.410 e. The van der Waals surface area contributed by atoms with Crippen LogP contribution < -0.4 is 0 Å². The first kappa shape index (κ1) is 19.0. The summed E-state index contributed by atoms with van der Waals surface area (Å²) in [5, 5.41) is 0. The number of amides is 1. The molecule has 27 heavy (non-hydrogen) atoms. The molecule has 2 aromatic carbocycles. The zero-order valence-corrected chi connectivity index (χ0v) is 15.4. The molecule has 0 unspecified atom stereocenters. The summed E-state index contributed by atoms with van der Waals surface area (Å²) in [6, 6.07) is 19.7. The second-order valence-electron chi connectivity index (χ2n) is 6.73. The van der Waals surface area contributed by atoms with Crippen molar-refractivity contribution in [1.82, 2.24) is 4.90 Å². The molecule has 0 spiro atoms. The van der Waals surface area contributed by atoms with Crippen LogP contribution >= 0.6 is 0 Å². The predicted molar refractivity (Wildman–Crippen MR) is 102 cm³/mol. The quantitative estimate of drug-likeness (QED) is 0.551. The monoisotopic (exact) mass is 367 g/mol. The van der Waals surface area contributed by atoms with Crippen LogP contribution in [0.3, 0.4) is 0 Å². The molecule has 5 heteroatoms. The average Bonchev–Trinajstić information content (AvgIpc) is 3.21. The van der Waals surface area contributed by atoms with Crippen molar-refractivity contribution >= 4 is 12.1 Å². The van der Waals surface area contributed by atoms with Crippen molar-refractivity contribution in [1.29, 1.82) is 0 Å². The third-order valence-electron chi connectivity index (χ3n) is 4.68. The smallest absolute Gasteiger partial charge is 0.410 e. The van der Waals surface area contributed by atoms with Gasteiger partial charge in [-0.1, -0.05) is 60.7 Å². The highest BCUT2D eigenvalue weighted by Gasteiger charge is 2.32. The van der Waals surface area contributed by atoms with E-state index in [1.165, 1.54) is 5.56 Å². The SMILES string of the molecule is O=C(OCCCc1ccccc1)[C@@H]1CCN(C(=O)OCc2ccccc2)C1. The Morgan fingerprint density at radius 1 is 0.926 bits per heavy atom. The van der Waals surface area contributed by atoms with E-state index in [-0.39, 0.29) is 24.6 Å². The van der Waals surface area contributed by atoms with Gasteiger partial charge in [-0.05, 0) is 30.4 Å². The summed E-state index contributed by atoms with van der Waals surface area (Å²) in [7, 11) is 0. The van der Waals surface area contributed by atoms with Gasteiger partial charge in [0, 0.05) is 13.1 Å². The van der Waals surface area contributed by atoms with Gasteiger partial charge < -0.3 is 14.4 Å². The molecule has 3 rings (SSSR count). The van der Waals surface area contributed by atoms with Gasteiger partial charge in [0.05, 0.1) is 12.5 Å². The number of carbonyl (C=O) groups is 2. The van der Waals surface area contributed by atoms with Crippen LogP contribution in [0.2, 0.25) is 0 Å². The molecule has 142 valence electrons. The van der Waals surface area contributed by atoms with Crippen molar-refractivity contribution in [2.24, 2.45) is 5.92 Å². The first-order valence-electron chi connectivity index (χ1n) is 9.38. The van der Waals surface area contributed by atoms with Crippen LogP contribution in [0, 0.1) is 5.92 Å². The summed E-state index contributed by atoms with van der Waals surface area (Å²) in [6.07, 6.45) is 1.93. The van der Waals surface area contributed by atoms with E-state index in [1.807, 2.05) is 48.5 Å². The lowest BCUT2D eigenvalue weighted by Crippen LogP contribution is -2.31. The molecule has 1 aliphatic rings. The van der Waals surface area contributed by atoms with E-state index in [4.69, 9.17) is 9.47 Å². The first-order valence-corrected chi connectivity index (χ1v) is 9.38. The Balaban J connectivity index is 1.34. The number of nitrogens with zero attached hydrogens (tertiary/aromatic N) is 1. The Bertz CT molecular complexity index is 732. The third kappa shape index (κ3) is 5.84. The second kappa shape index (κ2) is 9.76. The summed E-state index contributed by atoms with van der Waals surface area (Å²) in [5.74, 6) is -0.479. The Labute approximate surface area is 159 Å². The van der Waals surface area contributed by atoms with Gasteiger partial charge in [-0.15, -0.1) is 0 Å². The van der Waals surface area contributed by atoms with Gasteiger partial charge in [0.15, 0.2) is 0 Å². The van der Waals surface area contributed by atoms with Crippen molar-refractivity contribution < 1.29 is 19.1 Å². The van der Waals surface area contributed by atoms with Crippen LogP contribution in [0.25, 0.3) is 0 Å². The number of hydrogen-bond acceptors (Lipinski definition) is 4. The minimum Gasteiger partial charge on any atom is -0.465 e. The number of rotatable bonds is 7. The van der Waals surface area contributed by atoms with Gasteiger partial charge in [-0.3, -0.25) is 4.79 Å². The number of carbonyl (C=O) groups excluding carboxylic acids is 2. The highest BCUT2D eigenvalue weighted by molar-refractivity contribution is 5.75. The minimum atomic E-state index is -0.377. The van der Waals surface area contributed by atoms with Gasteiger partial charge in [0.25, 0.3) is 0 Å². The molecule has 0 saturated carbocycles. The average molecular weight is 367 g/mol. The Morgan fingerprint density at radius 2 is 1.59 bits per heavy atom. The topological polar surface area (TPSA) is 55.8 Å². The first-order chi connectivity index (χ1) is 13.2. The fourth-order valence-electron chi connectivity index (χ4n) is 3.14. The number of esters is 1. The van der Waals surface area contributed by atoms with Gasteiger partial charge in [-0.2, -0.15) is 0 Å². The molecule has 0 radical (unpaired) electrons. The third-order valence-corrected chi connectivity index (χ3v) is 4.68. The van der Waals surface area contributed by atoms with Crippen molar-refractivity contribution in [2.45, 2.75) is 25.9 Å². The molecule has 5 nitrogen and oxygen atoms in total. The van der Waals surface area contributed by atoms with Crippen molar-refractivity contribution in [3.63, 3.8) is 0 Å². The molecule has 0 bridgehead atoms. The summed E-state index contributed by atoms with van der Waals surface area (Å²) in [6.45, 7) is 1.54. The Kier molecular flexibility index (Phi) is 6.85. The van der Waals surface area contributed by atoms with Crippen LogP contribution in [0.1, 0.15) is 24.0 Å².